The fourth-order valence-electron chi connectivity index (χ4n) is 6.76. The highest BCUT2D eigenvalue weighted by molar-refractivity contribution is 7.92. The molecule has 1 aromatic heterocycles. The third-order valence-electron chi connectivity index (χ3n) is 9.07. The predicted molar refractivity (Wildman–Crippen MR) is 134 cm³/mol. The van der Waals surface area contributed by atoms with Crippen LogP contribution in [0.4, 0.5) is 11.4 Å². The number of furan rings is 1. The first-order valence-electron chi connectivity index (χ1n) is 12.9. The second kappa shape index (κ2) is 8.10. The maximum Gasteiger partial charge on any atom is 0.294 e. The van der Waals surface area contributed by atoms with E-state index in [1.807, 2.05) is 12.1 Å². The van der Waals surface area contributed by atoms with Crippen LogP contribution < -0.4 is 9.62 Å². The average molecular weight is 499 g/mol. The molecule has 0 unspecified atom stereocenters. The van der Waals surface area contributed by atoms with Crippen LogP contribution in [-0.2, 0) is 15.4 Å². The van der Waals surface area contributed by atoms with Crippen molar-refractivity contribution in [2.45, 2.75) is 75.7 Å². The van der Waals surface area contributed by atoms with Gasteiger partial charge in [-0.3, -0.25) is 9.52 Å². The van der Waals surface area contributed by atoms with Gasteiger partial charge in [-0.15, -0.1) is 0 Å². The van der Waals surface area contributed by atoms with Gasteiger partial charge in [-0.05, 0) is 98.6 Å². The van der Waals surface area contributed by atoms with Gasteiger partial charge in [0.05, 0.1) is 6.26 Å². The van der Waals surface area contributed by atoms with Crippen molar-refractivity contribution in [1.29, 1.82) is 0 Å². The molecule has 1 aromatic carbocycles. The lowest BCUT2D eigenvalue weighted by atomic mass is 9.66. The molecule has 1 amide bonds. The number of carbonyl (C=O) groups is 1. The van der Waals surface area contributed by atoms with Crippen LogP contribution in [0, 0.1) is 11.3 Å². The summed E-state index contributed by atoms with van der Waals surface area (Å²) < 4.78 is 32.3. The molecule has 0 bridgehead atoms. The number of aliphatic hydroxyl groups excluding tert-OH is 1. The minimum atomic E-state index is -3.40. The van der Waals surface area contributed by atoms with Gasteiger partial charge < -0.3 is 14.4 Å². The Kier molecular flexibility index (Phi) is 5.35. The minimum Gasteiger partial charge on any atom is -0.453 e. The van der Waals surface area contributed by atoms with E-state index < -0.39 is 16.1 Å². The molecule has 3 fully saturated rings. The van der Waals surface area contributed by atoms with Crippen LogP contribution in [0.15, 0.2) is 34.7 Å². The Bertz CT molecular complexity index is 1250. The molecule has 0 saturated heterocycles. The molecule has 6 rings (SSSR count). The number of carbonyl (C=O) groups excluding carboxylic acids is 1. The van der Waals surface area contributed by atoms with E-state index >= 15 is 0 Å². The number of anilines is 2. The van der Waals surface area contributed by atoms with Crippen molar-refractivity contribution >= 4 is 27.3 Å². The zero-order chi connectivity index (χ0) is 24.4. The number of sulfonamides is 1. The van der Waals surface area contributed by atoms with E-state index in [4.69, 9.17) is 4.42 Å². The summed E-state index contributed by atoms with van der Waals surface area (Å²) in [6, 6.07) is 8.92. The van der Waals surface area contributed by atoms with Crippen molar-refractivity contribution in [3.05, 3.63) is 47.4 Å². The lowest BCUT2D eigenvalue weighted by Crippen LogP contribution is -2.39. The normalized spacial score (nSPS) is 23.5. The summed E-state index contributed by atoms with van der Waals surface area (Å²) in [4.78, 5) is 15.5. The number of benzene rings is 1. The molecule has 2 N–H and O–H groups in total. The Balaban J connectivity index is 1.31. The molecule has 0 radical (unpaired) electrons. The molecule has 1 atom stereocenters. The van der Waals surface area contributed by atoms with Gasteiger partial charge in [-0.1, -0.05) is 12.8 Å². The Hall–Kier alpha value is -2.32. The maximum atomic E-state index is 13.7. The number of nitrogens with zero attached hydrogens (tertiary/aromatic N) is 1. The lowest BCUT2D eigenvalue weighted by Gasteiger charge is -2.38. The largest absolute Gasteiger partial charge is 0.453 e. The van der Waals surface area contributed by atoms with E-state index in [1.54, 1.807) is 23.1 Å². The van der Waals surface area contributed by atoms with Crippen LogP contribution in [0.3, 0.4) is 0 Å². The molecule has 2 heterocycles. The van der Waals surface area contributed by atoms with Gasteiger partial charge in [0, 0.05) is 23.3 Å². The van der Waals surface area contributed by atoms with Crippen molar-refractivity contribution < 1.29 is 22.7 Å². The Morgan fingerprint density at radius 1 is 1.09 bits per heavy atom. The molecule has 1 aliphatic heterocycles. The van der Waals surface area contributed by atoms with E-state index in [2.05, 4.69) is 4.72 Å². The van der Waals surface area contributed by atoms with Crippen molar-refractivity contribution in [3.63, 3.8) is 0 Å². The highest BCUT2D eigenvalue weighted by atomic mass is 32.2. The van der Waals surface area contributed by atoms with Crippen molar-refractivity contribution in [3.8, 4) is 0 Å². The van der Waals surface area contributed by atoms with Gasteiger partial charge in [-0.2, -0.15) is 0 Å². The number of aliphatic hydroxyl groups is 1. The van der Waals surface area contributed by atoms with E-state index in [1.165, 1.54) is 12.8 Å². The highest BCUT2D eigenvalue weighted by Crippen LogP contribution is 2.62. The standard InChI is InChI=1S/C27H34N2O5S/c1-35(32,33)28-19-6-7-21-20(16-19)27(14-12-26(10-11-26)13-15-27)17-29(21)25(31)23-9-8-22(34-23)24(30)18-4-2-3-5-18/h6-9,16,18,24,28,30H,2-5,10-15,17H2,1H3/t24-/m0/s1. The summed E-state index contributed by atoms with van der Waals surface area (Å²) in [7, 11) is -3.40. The van der Waals surface area contributed by atoms with E-state index in [0.717, 1.165) is 68.9 Å². The fraction of sp³-hybridized carbons (Fsp3) is 0.593. The van der Waals surface area contributed by atoms with E-state index in [-0.39, 0.29) is 23.0 Å². The number of amides is 1. The number of hydrogen-bond acceptors (Lipinski definition) is 5. The predicted octanol–water partition coefficient (Wildman–Crippen LogP) is 5.13. The maximum absolute atomic E-state index is 13.7. The van der Waals surface area contributed by atoms with Crippen molar-refractivity contribution in [2.75, 3.05) is 22.4 Å². The zero-order valence-corrected chi connectivity index (χ0v) is 21.1. The Labute approximate surface area is 206 Å². The van der Waals surface area contributed by atoms with E-state index in [0.29, 0.717) is 23.4 Å². The van der Waals surface area contributed by atoms with Crippen LogP contribution in [0.1, 0.15) is 92.2 Å². The number of rotatable bonds is 5. The van der Waals surface area contributed by atoms with Crippen LogP contribution in [-0.4, -0.2) is 32.2 Å². The second-order valence-corrected chi connectivity index (χ2v) is 13.2. The van der Waals surface area contributed by atoms with Gasteiger partial charge in [-0.25, -0.2) is 8.42 Å². The first-order chi connectivity index (χ1) is 16.7. The first kappa shape index (κ1) is 23.1. The van der Waals surface area contributed by atoms with Gasteiger partial charge in [0.25, 0.3) is 5.91 Å². The molecule has 8 heteroatoms. The smallest absolute Gasteiger partial charge is 0.294 e. The number of hydrogen-bond donors (Lipinski definition) is 2. The number of fused-ring (bicyclic) bond motifs is 2. The molecule has 3 aliphatic carbocycles. The number of nitrogens with one attached hydrogen (secondary N) is 1. The molecule has 2 spiro atoms. The van der Waals surface area contributed by atoms with Gasteiger partial charge in [0.15, 0.2) is 5.76 Å². The van der Waals surface area contributed by atoms with Crippen molar-refractivity contribution in [2.24, 2.45) is 11.3 Å². The monoisotopic (exact) mass is 498 g/mol. The zero-order valence-electron chi connectivity index (χ0n) is 20.3. The second-order valence-electron chi connectivity index (χ2n) is 11.5. The van der Waals surface area contributed by atoms with E-state index in [9.17, 15) is 18.3 Å². The summed E-state index contributed by atoms with van der Waals surface area (Å²) in [5.74, 6) is 0.699. The quantitative estimate of drug-likeness (QED) is 0.596. The lowest BCUT2D eigenvalue weighted by molar-refractivity contribution is 0.0828. The molecule has 7 nitrogen and oxygen atoms in total. The summed E-state index contributed by atoms with van der Waals surface area (Å²) in [5, 5.41) is 10.7. The minimum absolute atomic E-state index is 0.174. The summed E-state index contributed by atoms with van der Waals surface area (Å²) in [6.45, 7) is 0.570. The third-order valence-corrected chi connectivity index (χ3v) is 9.67. The highest BCUT2D eigenvalue weighted by Gasteiger charge is 2.53. The molecule has 3 saturated carbocycles. The Morgan fingerprint density at radius 2 is 1.77 bits per heavy atom. The fourth-order valence-corrected chi connectivity index (χ4v) is 7.31. The first-order valence-corrected chi connectivity index (χ1v) is 14.8. The van der Waals surface area contributed by atoms with Gasteiger partial charge >= 0.3 is 0 Å². The molecule has 35 heavy (non-hydrogen) atoms. The van der Waals surface area contributed by atoms with Crippen LogP contribution in [0.5, 0.6) is 0 Å². The van der Waals surface area contributed by atoms with Gasteiger partial charge in [0.1, 0.15) is 11.9 Å². The van der Waals surface area contributed by atoms with Crippen molar-refractivity contribution in [1.82, 2.24) is 0 Å². The summed E-state index contributed by atoms with van der Waals surface area (Å²) in [5.41, 5.74) is 2.74. The van der Waals surface area contributed by atoms with Crippen LogP contribution in [0.25, 0.3) is 0 Å². The molecular formula is C27H34N2O5S. The molecular weight excluding hydrogens is 464 g/mol. The van der Waals surface area contributed by atoms with Crippen LogP contribution in [0.2, 0.25) is 0 Å². The molecule has 2 aromatic rings. The average Bonchev–Trinajstić information content (AvgIpc) is 3.23. The van der Waals surface area contributed by atoms with Crippen LogP contribution >= 0.6 is 0 Å². The summed E-state index contributed by atoms with van der Waals surface area (Å²) in [6.07, 6.45) is 11.6. The van der Waals surface area contributed by atoms with Gasteiger partial charge in [0.2, 0.25) is 10.0 Å². The topological polar surface area (TPSA) is 99.9 Å². The SMILES string of the molecule is CS(=O)(=O)Nc1ccc2c(c1)C1(CCC3(CC3)CC1)CN2C(=O)c1ccc([C@@H](O)C2CCCC2)o1. The Morgan fingerprint density at radius 3 is 2.43 bits per heavy atom. The summed E-state index contributed by atoms with van der Waals surface area (Å²) >= 11 is 0. The molecule has 188 valence electrons. The molecule has 4 aliphatic rings. The third kappa shape index (κ3) is 4.18.